The zero-order chi connectivity index (χ0) is 23.6. The van der Waals surface area contributed by atoms with Crippen molar-refractivity contribution in [3.8, 4) is 0 Å². The second kappa shape index (κ2) is 9.88. The molecule has 0 atom stereocenters. The Morgan fingerprint density at radius 2 is 1.82 bits per heavy atom. The molecule has 1 N–H and O–H groups in total. The van der Waals surface area contributed by atoms with Gasteiger partial charge in [0.05, 0.1) is 23.6 Å². The second-order valence-corrected chi connectivity index (χ2v) is 11.0. The van der Waals surface area contributed by atoms with Crippen molar-refractivity contribution in [3.05, 3.63) is 46.1 Å². The molecule has 2 aromatic rings. The van der Waals surface area contributed by atoms with E-state index in [0.29, 0.717) is 23.7 Å². The lowest BCUT2D eigenvalue weighted by Crippen LogP contribution is -2.50. The van der Waals surface area contributed by atoms with E-state index in [2.05, 4.69) is 5.32 Å². The van der Waals surface area contributed by atoms with Crippen molar-refractivity contribution in [2.75, 3.05) is 44.6 Å². The number of thiophene rings is 1. The van der Waals surface area contributed by atoms with Gasteiger partial charge in [-0.3, -0.25) is 9.69 Å². The molecule has 0 unspecified atom stereocenters. The van der Waals surface area contributed by atoms with Gasteiger partial charge in [-0.15, -0.1) is 11.3 Å². The maximum Gasteiger partial charge on any atom is 0.341 e. The highest BCUT2D eigenvalue weighted by molar-refractivity contribution is 7.89. The second-order valence-electron chi connectivity index (χ2n) is 7.96. The number of esters is 1. The third-order valence-corrected chi connectivity index (χ3v) is 8.92. The molecule has 1 aromatic heterocycles. The Morgan fingerprint density at radius 1 is 1.12 bits per heavy atom. The van der Waals surface area contributed by atoms with E-state index in [4.69, 9.17) is 4.74 Å². The van der Waals surface area contributed by atoms with Gasteiger partial charge in [0.25, 0.3) is 0 Å². The van der Waals surface area contributed by atoms with Crippen molar-refractivity contribution < 1.29 is 27.1 Å². The molecule has 1 amide bonds. The summed E-state index contributed by atoms with van der Waals surface area (Å²) >= 11 is 1.43. The minimum atomic E-state index is -3.71. The van der Waals surface area contributed by atoms with Crippen LogP contribution in [-0.2, 0) is 32.4 Å². The Labute approximate surface area is 196 Å². The lowest BCUT2D eigenvalue weighted by atomic mass is 10.1. The summed E-state index contributed by atoms with van der Waals surface area (Å²) in [6.45, 7) is 3.34. The van der Waals surface area contributed by atoms with Gasteiger partial charge < -0.3 is 10.1 Å². The van der Waals surface area contributed by atoms with Crippen LogP contribution in [0.2, 0.25) is 0 Å². The van der Waals surface area contributed by atoms with E-state index >= 15 is 0 Å². The molecule has 0 saturated carbocycles. The van der Waals surface area contributed by atoms with Crippen molar-refractivity contribution >= 4 is 38.2 Å². The Kier molecular flexibility index (Phi) is 7.13. The standard InChI is InChI=1S/C22H26FN3O5S2/c1-2-31-22(28)20-17-4-3-5-18(17)32-21(20)24-19(27)14-25-10-12-26(13-11-25)33(29,30)16-8-6-15(23)7-9-16/h6-9H,2-5,10-14H2,1H3,(H,24,27). The summed E-state index contributed by atoms with van der Waals surface area (Å²) in [7, 11) is -3.71. The van der Waals surface area contributed by atoms with E-state index in [1.54, 1.807) is 6.92 Å². The molecule has 2 heterocycles. The quantitative estimate of drug-likeness (QED) is 0.593. The highest BCUT2D eigenvalue weighted by atomic mass is 32.2. The molecular formula is C22H26FN3O5S2. The molecule has 0 radical (unpaired) electrons. The van der Waals surface area contributed by atoms with Gasteiger partial charge in [0.15, 0.2) is 0 Å². The fraction of sp³-hybridized carbons (Fsp3) is 0.455. The number of hydrogen-bond acceptors (Lipinski definition) is 7. The first-order valence-electron chi connectivity index (χ1n) is 10.9. The molecule has 1 aromatic carbocycles. The third-order valence-electron chi connectivity index (χ3n) is 5.80. The molecule has 0 bridgehead atoms. The lowest BCUT2D eigenvalue weighted by Gasteiger charge is -2.33. The summed E-state index contributed by atoms with van der Waals surface area (Å²) < 4.78 is 45.2. The first kappa shape index (κ1) is 23.8. The van der Waals surface area contributed by atoms with Crippen molar-refractivity contribution in [2.45, 2.75) is 31.1 Å². The van der Waals surface area contributed by atoms with Crippen LogP contribution in [0.15, 0.2) is 29.2 Å². The molecule has 178 valence electrons. The Hall–Kier alpha value is -2.34. The number of carbonyl (C=O) groups is 2. The van der Waals surface area contributed by atoms with Gasteiger partial charge in [-0.2, -0.15) is 4.31 Å². The minimum Gasteiger partial charge on any atom is -0.462 e. The van der Waals surface area contributed by atoms with Crippen LogP contribution in [0, 0.1) is 5.82 Å². The topological polar surface area (TPSA) is 96.0 Å². The zero-order valence-corrected chi connectivity index (χ0v) is 19.9. The fourth-order valence-corrected chi connectivity index (χ4v) is 6.88. The Bertz CT molecular complexity index is 1140. The van der Waals surface area contributed by atoms with Gasteiger partial charge in [0.2, 0.25) is 15.9 Å². The van der Waals surface area contributed by atoms with Crippen LogP contribution in [0.25, 0.3) is 0 Å². The van der Waals surface area contributed by atoms with Gasteiger partial charge in [0, 0.05) is 31.1 Å². The number of amides is 1. The smallest absolute Gasteiger partial charge is 0.341 e. The van der Waals surface area contributed by atoms with Crippen LogP contribution in [-0.4, -0.2) is 68.8 Å². The van der Waals surface area contributed by atoms with E-state index in [0.717, 1.165) is 41.8 Å². The summed E-state index contributed by atoms with van der Waals surface area (Å²) in [5.41, 5.74) is 1.45. The number of carbonyl (C=O) groups excluding carboxylic acids is 2. The SMILES string of the molecule is CCOC(=O)c1c(NC(=O)CN2CCN(S(=O)(=O)c3ccc(F)cc3)CC2)sc2c1CCC2. The normalized spacial score (nSPS) is 17.0. The molecule has 1 saturated heterocycles. The van der Waals surface area contributed by atoms with Crippen molar-refractivity contribution in [3.63, 3.8) is 0 Å². The Morgan fingerprint density at radius 3 is 2.48 bits per heavy atom. The molecule has 2 aliphatic rings. The summed E-state index contributed by atoms with van der Waals surface area (Å²) in [5, 5.41) is 3.40. The van der Waals surface area contributed by atoms with Crippen LogP contribution in [0.5, 0.6) is 0 Å². The van der Waals surface area contributed by atoms with E-state index in [1.165, 1.54) is 27.8 Å². The largest absolute Gasteiger partial charge is 0.462 e. The van der Waals surface area contributed by atoms with E-state index in [9.17, 15) is 22.4 Å². The molecule has 33 heavy (non-hydrogen) atoms. The number of benzene rings is 1. The number of aryl methyl sites for hydroxylation is 1. The average Bonchev–Trinajstić information content (AvgIpc) is 3.35. The molecular weight excluding hydrogens is 469 g/mol. The predicted molar refractivity (Wildman–Crippen MR) is 123 cm³/mol. The van der Waals surface area contributed by atoms with E-state index < -0.39 is 21.8 Å². The number of fused-ring (bicyclic) bond motifs is 1. The third kappa shape index (κ3) is 5.11. The molecule has 4 rings (SSSR count). The molecule has 0 spiro atoms. The highest BCUT2D eigenvalue weighted by Gasteiger charge is 2.31. The van der Waals surface area contributed by atoms with E-state index in [-0.39, 0.29) is 37.0 Å². The molecule has 1 aliphatic heterocycles. The van der Waals surface area contributed by atoms with Crippen molar-refractivity contribution in [1.82, 2.24) is 9.21 Å². The maximum absolute atomic E-state index is 13.1. The average molecular weight is 496 g/mol. The molecule has 8 nitrogen and oxygen atoms in total. The van der Waals surface area contributed by atoms with Gasteiger partial charge in [0.1, 0.15) is 10.8 Å². The first-order valence-corrected chi connectivity index (χ1v) is 13.1. The maximum atomic E-state index is 13.1. The number of nitrogens with zero attached hydrogens (tertiary/aromatic N) is 2. The number of hydrogen-bond donors (Lipinski definition) is 1. The molecule has 1 fully saturated rings. The van der Waals surface area contributed by atoms with Gasteiger partial charge in [-0.05, 0) is 56.0 Å². The number of piperazine rings is 1. The monoisotopic (exact) mass is 495 g/mol. The lowest BCUT2D eigenvalue weighted by molar-refractivity contribution is -0.117. The van der Waals surface area contributed by atoms with Gasteiger partial charge in [-0.25, -0.2) is 17.6 Å². The highest BCUT2D eigenvalue weighted by Crippen LogP contribution is 2.39. The number of rotatable bonds is 7. The zero-order valence-electron chi connectivity index (χ0n) is 18.3. The Balaban J connectivity index is 1.36. The summed E-state index contributed by atoms with van der Waals surface area (Å²) in [5.74, 6) is -1.16. The number of ether oxygens (including phenoxy) is 1. The van der Waals surface area contributed by atoms with Gasteiger partial charge >= 0.3 is 5.97 Å². The fourth-order valence-electron chi connectivity index (χ4n) is 4.16. The van der Waals surface area contributed by atoms with Crippen LogP contribution in [0.3, 0.4) is 0 Å². The van der Waals surface area contributed by atoms with E-state index in [1.807, 2.05) is 4.90 Å². The van der Waals surface area contributed by atoms with Crippen LogP contribution < -0.4 is 5.32 Å². The number of sulfonamides is 1. The van der Waals surface area contributed by atoms with Gasteiger partial charge in [-0.1, -0.05) is 0 Å². The van der Waals surface area contributed by atoms with Crippen LogP contribution in [0.1, 0.15) is 34.1 Å². The number of nitrogens with one attached hydrogen (secondary N) is 1. The van der Waals surface area contributed by atoms with Crippen LogP contribution >= 0.6 is 11.3 Å². The summed E-state index contributed by atoms with van der Waals surface area (Å²) in [6.07, 6.45) is 2.69. The predicted octanol–water partition coefficient (Wildman–Crippen LogP) is 2.50. The first-order chi connectivity index (χ1) is 15.8. The van der Waals surface area contributed by atoms with Crippen molar-refractivity contribution in [2.24, 2.45) is 0 Å². The van der Waals surface area contributed by atoms with Crippen LogP contribution in [0.4, 0.5) is 9.39 Å². The number of halogens is 1. The number of anilines is 1. The molecule has 1 aliphatic carbocycles. The minimum absolute atomic E-state index is 0.0485. The molecule has 11 heteroatoms. The van der Waals surface area contributed by atoms with Crippen molar-refractivity contribution in [1.29, 1.82) is 0 Å². The summed E-state index contributed by atoms with van der Waals surface area (Å²) in [4.78, 5) is 28.2. The summed E-state index contributed by atoms with van der Waals surface area (Å²) in [6, 6.07) is 4.75.